The number of benzene rings is 3. The van der Waals surface area contributed by atoms with Crippen molar-refractivity contribution in [2.24, 2.45) is 5.14 Å². The molecule has 7 heteroatoms. The van der Waals surface area contributed by atoms with Crippen molar-refractivity contribution in [2.75, 3.05) is 13.1 Å². The second-order valence-electron chi connectivity index (χ2n) is 9.23. The topological polar surface area (TPSA) is 76.5 Å². The SMILES string of the molecule is C=S(N)(=O)c1ccc(-c2cnn3cc(-c4ccc(CN5CCCC5)cc4)cnc23)c2ccccc12. The lowest BCUT2D eigenvalue weighted by atomic mass is 10.00. The van der Waals surface area contributed by atoms with E-state index in [-0.39, 0.29) is 0 Å². The molecular weight excluding hydrogens is 454 g/mol. The first-order valence-electron chi connectivity index (χ1n) is 11.8. The molecule has 0 bridgehead atoms. The summed E-state index contributed by atoms with van der Waals surface area (Å²) in [6.07, 6.45) is 8.35. The molecule has 3 heterocycles. The Kier molecular flexibility index (Phi) is 5.40. The molecule has 2 aromatic heterocycles. The molecule has 35 heavy (non-hydrogen) atoms. The zero-order chi connectivity index (χ0) is 24.0. The van der Waals surface area contributed by atoms with Crippen molar-refractivity contribution in [2.45, 2.75) is 24.3 Å². The number of nitrogens with two attached hydrogens (primary N) is 1. The minimum atomic E-state index is -2.84. The fourth-order valence-corrected chi connectivity index (χ4v) is 5.87. The number of hydrogen-bond donors (Lipinski definition) is 1. The van der Waals surface area contributed by atoms with Crippen molar-refractivity contribution in [1.82, 2.24) is 19.5 Å². The van der Waals surface area contributed by atoms with E-state index in [1.54, 1.807) is 6.07 Å². The van der Waals surface area contributed by atoms with Crippen molar-refractivity contribution >= 4 is 32.0 Å². The Morgan fingerprint density at radius 3 is 2.37 bits per heavy atom. The fraction of sp³-hybridized carbons (Fsp3) is 0.179. The summed E-state index contributed by atoms with van der Waals surface area (Å²) in [4.78, 5) is 7.84. The second-order valence-corrected chi connectivity index (χ2v) is 11.1. The standard InChI is InChI=1S/C28H27N5OS/c1-35(29,34)27-13-12-24(23-6-2-3-7-25(23)27)26-17-31-33-19-22(16-30-28(26)33)21-10-8-20(9-11-21)18-32-14-4-5-15-32/h2-3,6-13,16-17,19H,1,4-5,14-15,18H2,(H2,29,34). The monoisotopic (exact) mass is 481 g/mol. The lowest BCUT2D eigenvalue weighted by Gasteiger charge is -2.14. The Morgan fingerprint density at radius 1 is 0.886 bits per heavy atom. The van der Waals surface area contributed by atoms with Gasteiger partial charge in [0.2, 0.25) is 0 Å². The fourth-order valence-electron chi connectivity index (χ4n) is 5.02. The Balaban J connectivity index is 1.36. The molecule has 0 spiro atoms. The van der Waals surface area contributed by atoms with Gasteiger partial charge in [-0.15, -0.1) is 0 Å². The van der Waals surface area contributed by atoms with Crippen LogP contribution in [0.15, 0.2) is 84.1 Å². The molecule has 3 aromatic carbocycles. The van der Waals surface area contributed by atoms with Gasteiger partial charge in [0.05, 0.1) is 20.8 Å². The van der Waals surface area contributed by atoms with E-state index in [1.807, 2.05) is 53.4 Å². The molecule has 6 rings (SSSR count). The summed E-state index contributed by atoms with van der Waals surface area (Å²) in [5.41, 5.74) is 6.11. The Hall–Kier alpha value is -3.52. The summed E-state index contributed by atoms with van der Waals surface area (Å²) in [7, 11) is -2.84. The van der Waals surface area contributed by atoms with Crippen molar-refractivity contribution in [3.63, 3.8) is 0 Å². The smallest absolute Gasteiger partial charge is 0.162 e. The summed E-state index contributed by atoms with van der Waals surface area (Å²) in [6, 6.07) is 20.3. The van der Waals surface area contributed by atoms with Gasteiger partial charge in [-0.1, -0.05) is 54.6 Å². The highest BCUT2D eigenvalue weighted by Gasteiger charge is 2.16. The molecule has 5 aromatic rings. The van der Waals surface area contributed by atoms with Crippen LogP contribution in [-0.4, -0.2) is 42.7 Å². The van der Waals surface area contributed by atoms with E-state index in [4.69, 9.17) is 10.1 Å². The molecular formula is C28H27N5OS. The zero-order valence-electron chi connectivity index (χ0n) is 19.4. The largest absolute Gasteiger partial charge is 0.299 e. The third-order valence-corrected chi connectivity index (χ3v) is 7.90. The van der Waals surface area contributed by atoms with Gasteiger partial charge in [0.15, 0.2) is 5.65 Å². The Morgan fingerprint density at radius 2 is 1.63 bits per heavy atom. The van der Waals surface area contributed by atoms with E-state index < -0.39 is 9.71 Å². The lowest BCUT2D eigenvalue weighted by molar-refractivity contribution is 0.331. The molecule has 1 unspecified atom stereocenters. The number of likely N-dealkylation sites (tertiary alicyclic amines) is 1. The van der Waals surface area contributed by atoms with Gasteiger partial charge in [-0.05, 0) is 65.3 Å². The maximum Gasteiger partial charge on any atom is 0.162 e. The van der Waals surface area contributed by atoms with Gasteiger partial charge in [0.1, 0.15) is 0 Å². The Bertz CT molecular complexity index is 1650. The average molecular weight is 482 g/mol. The normalized spacial score (nSPS) is 16.1. The molecule has 1 fully saturated rings. The van der Waals surface area contributed by atoms with Gasteiger partial charge in [0, 0.05) is 30.1 Å². The molecule has 0 saturated carbocycles. The molecule has 0 radical (unpaired) electrons. The van der Waals surface area contributed by atoms with Crippen LogP contribution in [0.5, 0.6) is 0 Å². The number of rotatable bonds is 5. The van der Waals surface area contributed by atoms with Crippen LogP contribution in [0.2, 0.25) is 0 Å². The predicted molar refractivity (Wildman–Crippen MR) is 144 cm³/mol. The van der Waals surface area contributed by atoms with Crippen LogP contribution in [0.1, 0.15) is 18.4 Å². The average Bonchev–Trinajstić information content (AvgIpc) is 3.53. The Labute approximate surface area is 205 Å². The highest BCUT2D eigenvalue weighted by Crippen LogP contribution is 2.34. The van der Waals surface area contributed by atoms with Gasteiger partial charge >= 0.3 is 0 Å². The zero-order valence-corrected chi connectivity index (χ0v) is 20.2. The maximum atomic E-state index is 12.5. The van der Waals surface area contributed by atoms with Crippen LogP contribution in [-0.2, 0) is 16.3 Å². The van der Waals surface area contributed by atoms with Crippen LogP contribution in [0.3, 0.4) is 0 Å². The van der Waals surface area contributed by atoms with E-state index >= 15 is 0 Å². The van der Waals surface area contributed by atoms with Crippen molar-refractivity contribution in [1.29, 1.82) is 0 Å². The molecule has 2 N–H and O–H groups in total. The molecule has 176 valence electrons. The van der Waals surface area contributed by atoms with Gasteiger partial charge < -0.3 is 0 Å². The molecule has 0 amide bonds. The third-order valence-electron chi connectivity index (χ3n) is 6.80. The van der Waals surface area contributed by atoms with E-state index in [0.29, 0.717) is 4.90 Å². The minimum absolute atomic E-state index is 0.553. The summed E-state index contributed by atoms with van der Waals surface area (Å²) in [6.45, 7) is 3.41. The van der Waals surface area contributed by atoms with Crippen LogP contribution in [0.25, 0.3) is 38.7 Å². The maximum absolute atomic E-state index is 12.5. The van der Waals surface area contributed by atoms with E-state index in [1.165, 1.54) is 31.5 Å². The van der Waals surface area contributed by atoms with E-state index in [2.05, 4.69) is 40.1 Å². The van der Waals surface area contributed by atoms with Gasteiger partial charge in [-0.25, -0.2) is 13.7 Å². The number of aromatic nitrogens is 3. The first-order valence-corrected chi connectivity index (χ1v) is 13.6. The number of hydrogen-bond acceptors (Lipinski definition) is 4. The summed E-state index contributed by atoms with van der Waals surface area (Å²) in [5, 5.41) is 12.3. The molecule has 1 saturated heterocycles. The predicted octanol–water partition coefficient (Wildman–Crippen LogP) is 4.76. The van der Waals surface area contributed by atoms with Gasteiger partial charge in [-0.2, -0.15) is 5.10 Å². The van der Waals surface area contributed by atoms with E-state index in [0.717, 1.165) is 45.2 Å². The van der Waals surface area contributed by atoms with Crippen molar-refractivity contribution in [3.05, 3.63) is 84.8 Å². The lowest BCUT2D eigenvalue weighted by Crippen LogP contribution is -2.18. The second kappa shape index (κ2) is 8.61. The first-order chi connectivity index (χ1) is 17.0. The van der Waals surface area contributed by atoms with Crippen molar-refractivity contribution in [3.8, 4) is 22.3 Å². The highest BCUT2D eigenvalue weighted by atomic mass is 32.2. The molecule has 1 atom stereocenters. The number of nitrogens with zero attached hydrogens (tertiary/aromatic N) is 4. The molecule has 0 aliphatic carbocycles. The summed E-state index contributed by atoms with van der Waals surface area (Å²) in [5.74, 6) is 3.68. The molecule has 1 aliphatic rings. The summed E-state index contributed by atoms with van der Waals surface area (Å²) >= 11 is 0. The molecule has 1 aliphatic heterocycles. The quantitative estimate of drug-likeness (QED) is 0.367. The van der Waals surface area contributed by atoms with E-state index in [9.17, 15) is 4.21 Å². The highest BCUT2D eigenvalue weighted by molar-refractivity contribution is 7.98. The van der Waals surface area contributed by atoms with Crippen LogP contribution < -0.4 is 5.14 Å². The van der Waals surface area contributed by atoms with Crippen molar-refractivity contribution < 1.29 is 4.21 Å². The first kappa shape index (κ1) is 22.0. The van der Waals surface area contributed by atoms with Gasteiger partial charge in [-0.3, -0.25) is 10.0 Å². The molecule has 6 nitrogen and oxygen atoms in total. The number of fused-ring (bicyclic) bond motifs is 2. The van der Waals surface area contributed by atoms with Crippen LogP contribution >= 0.6 is 0 Å². The summed E-state index contributed by atoms with van der Waals surface area (Å²) < 4.78 is 14.3. The van der Waals surface area contributed by atoms with Crippen LogP contribution in [0.4, 0.5) is 0 Å². The van der Waals surface area contributed by atoms with Gasteiger partial charge in [0.25, 0.3) is 0 Å². The van der Waals surface area contributed by atoms with Crippen LogP contribution in [0, 0.1) is 0 Å². The minimum Gasteiger partial charge on any atom is -0.299 e. The third kappa shape index (κ3) is 4.12.